The van der Waals surface area contributed by atoms with E-state index < -0.39 is 11.8 Å². The molecule has 5 heteroatoms. The van der Waals surface area contributed by atoms with Gasteiger partial charge in [0.15, 0.2) is 0 Å². The van der Waals surface area contributed by atoms with Crippen molar-refractivity contribution in [3.05, 3.63) is 65.2 Å². The van der Waals surface area contributed by atoms with Gasteiger partial charge in [-0.25, -0.2) is 13.6 Å². The summed E-state index contributed by atoms with van der Waals surface area (Å²) in [7, 11) is 0. The highest BCUT2D eigenvalue weighted by Gasteiger charge is 2.07. The Morgan fingerprint density at radius 1 is 1.11 bits per heavy atom. The van der Waals surface area contributed by atoms with Crippen molar-refractivity contribution in [1.29, 1.82) is 0 Å². The molecule has 0 amide bonds. The first kappa shape index (κ1) is 13.0. The molecule has 2 N–H and O–H groups in total. The van der Waals surface area contributed by atoms with Crippen LogP contribution in [0.2, 0.25) is 0 Å². The number of carbonyl (C=O) groups is 1. The van der Waals surface area contributed by atoms with Crippen molar-refractivity contribution in [1.82, 2.24) is 0 Å². The highest BCUT2D eigenvalue weighted by atomic mass is 19.1. The van der Waals surface area contributed by atoms with Crippen LogP contribution in [0.1, 0.15) is 15.9 Å². The number of carboxylic acids is 1. The van der Waals surface area contributed by atoms with E-state index >= 15 is 0 Å². The molecular weight excluding hydrogens is 252 g/mol. The Kier molecular flexibility index (Phi) is 3.75. The van der Waals surface area contributed by atoms with E-state index in [9.17, 15) is 13.6 Å². The zero-order valence-corrected chi connectivity index (χ0v) is 9.86. The molecule has 3 nitrogen and oxygen atoms in total. The number of hydrogen-bond acceptors (Lipinski definition) is 2. The lowest BCUT2D eigenvalue weighted by molar-refractivity contribution is 0.0696. The van der Waals surface area contributed by atoms with Crippen LogP contribution in [-0.2, 0) is 6.54 Å². The quantitative estimate of drug-likeness (QED) is 0.890. The number of benzene rings is 2. The van der Waals surface area contributed by atoms with Crippen molar-refractivity contribution in [2.75, 3.05) is 5.32 Å². The number of nitrogens with one attached hydrogen (secondary N) is 1. The summed E-state index contributed by atoms with van der Waals surface area (Å²) >= 11 is 0. The maximum absolute atomic E-state index is 13.6. The molecule has 2 aromatic rings. The third-order valence-electron chi connectivity index (χ3n) is 2.61. The molecule has 0 aliphatic rings. The van der Waals surface area contributed by atoms with Crippen LogP contribution >= 0.6 is 0 Å². The Hall–Kier alpha value is -2.43. The molecule has 2 aromatic carbocycles. The van der Waals surface area contributed by atoms with Gasteiger partial charge in [0, 0.05) is 6.54 Å². The lowest BCUT2D eigenvalue weighted by Crippen LogP contribution is -2.03. The first-order chi connectivity index (χ1) is 9.06. The van der Waals surface area contributed by atoms with Gasteiger partial charge in [-0.15, -0.1) is 0 Å². The van der Waals surface area contributed by atoms with E-state index in [4.69, 9.17) is 5.11 Å². The highest BCUT2D eigenvalue weighted by molar-refractivity contribution is 5.88. The molecule has 0 saturated heterocycles. The zero-order chi connectivity index (χ0) is 13.8. The van der Waals surface area contributed by atoms with E-state index in [0.29, 0.717) is 6.54 Å². The fraction of sp³-hybridized carbons (Fsp3) is 0.0714. The molecule has 2 rings (SSSR count). The molecule has 0 aliphatic carbocycles. The van der Waals surface area contributed by atoms with Crippen LogP contribution in [0, 0.1) is 11.6 Å². The summed E-state index contributed by atoms with van der Waals surface area (Å²) in [4.78, 5) is 10.7. The number of hydrogen-bond donors (Lipinski definition) is 2. The van der Waals surface area contributed by atoms with Crippen molar-refractivity contribution in [3.8, 4) is 0 Å². The number of halogens is 2. The number of carboxylic acid groups (broad SMARTS) is 1. The molecular formula is C14H11F2NO2. The summed E-state index contributed by atoms with van der Waals surface area (Å²) in [6.45, 7) is 0.323. The smallest absolute Gasteiger partial charge is 0.335 e. The number of rotatable bonds is 4. The molecule has 0 atom stereocenters. The van der Waals surface area contributed by atoms with Crippen LogP contribution in [-0.4, -0.2) is 11.1 Å². The maximum atomic E-state index is 13.6. The average molecular weight is 263 g/mol. The van der Waals surface area contributed by atoms with Crippen molar-refractivity contribution in [3.63, 3.8) is 0 Å². The SMILES string of the molecule is O=C(O)c1ccc(NCc2ccc(F)cc2)c(F)c1. The first-order valence-corrected chi connectivity index (χ1v) is 5.57. The van der Waals surface area contributed by atoms with E-state index in [0.717, 1.165) is 11.6 Å². The van der Waals surface area contributed by atoms with Crippen molar-refractivity contribution >= 4 is 11.7 Å². The van der Waals surface area contributed by atoms with E-state index in [-0.39, 0.29) is 17.1 Å². The molecule has 19 heavy (non-hydrogen) atoms. The van der Waals surface area contributed by atoms with Gasteiger partial charge in [0.2, 0.25) is 0 Å². The minimum absolute atomic E-state index is 0.107. The third kappa shape index (κ3) is 3.28. The van der Waals surface area contributed by atoms with Crippen molar-refractivity contribution < 1.29 is 18.7 Å². The topological polar surface area (TPSA) is 49.3 Å². The Morgan fingerprint density at radius 2 is 1.79 bits per heavy atom. The Balaban J connectivity index is 2.07. The van der Waals surface area contributed by atoms with E-state index in [1.165, 1.54) is 24.3 Å². The largest absolute Gasteiger partial charge is 0.478 e. The maximum Gasteiger partial charge on any atom is 0.335 e. The third-order valence-corrected chi connectivity index (χ3v) is 2.61. The highest BCUT2D eigenvalue weighted by Crippen LogP contribution is 2.17. The second-order valence-electron chi connectivity index (χ2n) is 3.98. The molecule has 0 aromatic heterocycles. The Bertz CT molecular complexity index is 597. The summed E-state index contributed by atoms with van der Waals surface area (Å²) in [5.74, 6) is -2.15. The molecule has 0 saturated carbocycles. The monoisotopic (exact) mass is 263 g/mol. The van der Waals surface area contributed by atoms with Crippen LogP contribution in [0.3, 0.4) is 0 Å². The van der Waals surface area contributed by atoms with Crippen molar-refractivity contribution in [2.24, 2.45) is 0 Å². The fourth-order valence-corrected chi connectivity index (χ4v) is 1.59. The van der Waals surface area contributed by atoms with Crippen LogP contribution in [0.25, 0.3) is 0 Å². The lowest BCUT2D eigenvalue weighted by Gasteiger charge is -2.08. The van der Waals surface area contributed by atoms with Gasteiger partial charge in [-0.05, 0) is 35.9 Å². The normalized spacial score (nSPS) is 10.2. The fourth-order valence-electron chi connectivity index (χ4n) is 1.59. The van der Waals surface area contributed by atoms with Gasteiger partial charge in [0.1, 0.15) is 11.6 Å². The Morgan fingerprint density at radius 3 is 2.37 bits per heavy atom. The molecule has 98 valence electrons. The van der Waals surface area contributed by atoms with Gasteiger partial charge in [-0.3, -0.25) is 0 Å². The minimum atomic E-state index is -1.18. The minimum Gasteiger partial charge on any atom is -0.478 e. The standard InChI is InChI=1S/C14H11F2NO2/c15-11-4-1-9(2-5-11)8-17-13-6-3-10(14(18)19)7-12(13)16/h1-7,17H,8H2,(H,18,19). The van der Waals surface area contributed by atoms with E-state index in [1.807, 2.05) is 0 Å². The summed E-state index contributed by atoms with van der Waals surface area (Å²) in [5, 5.41) is 11.5. The van der Waals surface area contributed by atoms with Crippen LogP contribution in [0.15, 0.2) is 42.5 Å². The molecule has 0 bridgehead atoms. The molecule has 0 unspecified atom stereocenters. The summed E-state index contributed by atoms with van der Waals surface area (Å²) in [6.07, 6.45) is 0. The molecule has 0 spiro atoms. The Labute approximate surface area is 108 Å². The van der Waals surface area contributed by atoms with Gasteiger partial charge in [-0.1, -0.05) is 12.1 Å². The summed E-state index contributed by atoms with van der Waals surface area (Å²) in [6, 6.07) is 9.45. The van der Waals surface area contributed by atoms with Gasteiger partial charge < -0.3 is 10.4 Å². The molecule has 0 fully saturated rings. The predicted octanol–water partition coefficient (Wildman–Crippen LogP) is 3.28. The molecule has 0 aliphatic heterocycles. The molecule has 0 heterocycles. The predicted molar refractivity (Wildman–Crippen MR) is 67.1 cm³/mol. The van der Waals surface area contributed by atoms with Crippen LogP contribution < -0.4 is 5.32 Å². The van der Waals surface area contributed by atoms with E-state index in [1.54, 1.807) is 12.1 Å². The lowest BCUT2D eigenvalue weighted by atomic mass is 10.2. The van der Waals surface area contributed by atoms with Gasteiger partial charge in [-0.2, -0.15) is 0 Å². The molecule has 0 radical (unpaired) electrons. The van der Waals surface area contributed by atoms with Crippen molar-refractivity contribution in [2.45, 2.75) is 6.54 Å². The average Bonchev–Trinajstić information content (AvgIpc) is 2.39. The van der Waals surface area contributed by atoms with Crippen LogP contribution in [0.4, 0.5) is 14.5 Å². The second kappa shape index (κ2) is 5.48. The van der Waals surface area contributed by atoms with Gasteiger partial charge >= 0.3 is 5.97 Å². The van der Waals surface area contributed by atoms with Gasteiger partial charge in [0.05, 0.1) is 11.3 Å². The van der Waals surface area contributed by atoms with Gasteiger partial charge in [0.25, 0.3) is 0 Å². The zero-order valence-electron chi connectivity index (χ0n) is 9.86. The number of aromatic carboxylic acids is 1. The van der Waals surface area contributed by atoms with E-state index in [2.05, 4.69) is 5.32 Å². The number of anilines is 1. The summed E-state index contributed by atoms with van der Waals surface area (Å²) in [5.41, 5.74) is 0.891. The summed E-state index contributed by atoms with van der Waals surface area (Å²) < 4.78 is 26.3. The second-order valence-corrected chi connectivity index (χ2v) is 3.98. The first-order valence-electron chi connectivity index (χ1n) is 5.57. The van der Waals surface area contributed by atoms with Crippen LogP contribution in [0.5, 0.6) is 0 Å².